The van der Waals surface area contributed by atoms with Gasteiger partial charge in [-0.3, -0.25) is 0 Å². The van der Waals surface area contributed by atoms with Crippen LogP contribution >= 0.6 is 0 Å². The first-order valence-corrected chi connectivity index (χ1v) is 11.4. The van der Waals surface area contributed by atoms with E-state index in [-0.39, 0.29) is 11.5 Å². The second-order valence-corrected chi connectivity index (χ2v) is 12.5. The topological polar surface area (TPSA) is 73.5 Å². The molecular weight excluding hydrogens is 294 g/mol. The van der Waals surface area contributed by atoms with Crippen molar-refractivity contribution in [3.8, 4) is 6.07 Å². The van der Waals surface area contributed by atoms with E-state index in [0.29, 0.717) is 6.42 Å². The Morgan fingerprint density at radius 2 is 1.68 bits per heavy atom. The highest BCUT2D eigenvalue weighted by molar-refractivity contribution is 6.74. The van der Waals surface area contributed by atoms with Crippen LogP contribution in [0.5, 0.6) is 0 Å². The summed E-state index contributed by atoms with van der Waals surface area (Å²) in [4.78, 5) is 0. The summed E-state index contributed by atoms with van der Waals surface area (Å²) >= 11 is 0. The Bertz CT molecular complexity index is 347. The smallest absolute Gasteiger partial charge is 0.193 e. The minimum atomic E-state index is -2.04. The van der Waals surface area contributed by atoms with E-state index in [1.165, 1.54) is 0 Å². The summed E-state index contributed by atoms with van der Waals surface area (Å²) in [6, 6.07) is 2.13. The molecule has 0 aromatic carbocycles. The highest BCUT2D eigenvalue weighted by atomic mass is 28.4. The molecule has 130 valence electrons. The SMILES string of the molecule is CCCCCC[C@@H](O)[C@@H](O)CC(C#N)O[Si](C)(C)C(C)(C)C. The van der Waals surface area contributed by atoms with Gasteiger partial charge < -0.3 is 14.6 Å². The molecule has 5 heteroatoms. The lowest BCUT2D eigenvalue weighted by Gasteiger charge is -2.38. The predicted molar refractivity (Wildman–Crippen MR) is 93.1 cm³/mol. The largest absolute Gasteiger partial charge is 0.401 e. The third-order valence-corrected chi connectivity index (χ3v) is 9.13. The van der Waals surface area contributed by atoms with Crippen LogP contribution < -0.4 is 0 Å². The molecule has 0 radical (unpaired) electrons. The first-order valence-electron chi connectivity index (χ1n) is 8.48. The maximum absolute atomic E-state index is 10.1. The Labute approximate surface area is 137 Å². The number of hydrogen-bond donors (Lipinski definition) is 2. The average molecular weight is 330 g/mol. The van der Waals surface area contributed by atoms with E-state index in [4.69, 9.17) is 4.43 Å². The molecule has 0 saturated heterocycles. The van der Waals surface area contributed by atoms with Gasteiger partial charge in [-0.15, -0.1) is 0 Å². The second-order valence-electron chi connectivity index (χ2n) is 7.72. The standard InChI is InChI=1S/C17H35NO3Si/c1-7-8-9-10-11-15(19)16(20)12-14(13-18)21-22(5,6)17(2,3)4/h14-16,19-20H,7-12H2,1-6H3/t14?,15-,16+/m1/s1. The Hall–Kier alpha value is -0.413. The van der Waals surface area contributed by atoms with E-state index in [2.05, 4.69) is 46.9 Å². The molecule has 0 aliphatic heterocycles. The third-order valence-electron chi connectivity index (χ3n) is 4.64. The Morgan fingerprint density at radius 1 is 1.09 bits per heavy atom. The van der Waals surface area contributed by atoms with Crippen LogP contribution in [0.3, 0.4) is 0 Å². The zero-order chi connectivity index (χ0) is 17.4. The molecule has 0 bridgehead atoms. The summed E-state index contributed by atoms with van der Waals surface area (Å²) in [6.07, 6.45) is 2.73. The van der Waals surface area contributed by atoms with Gasteiger partial charge in [-0.1, -0.05) is 53.4 Å². The van der Waals surface area contributed by atoms with E-state index in [1.54, 1.807) is 0 Å². The molecule has 1 unspecified atom stereocenters. The van der Waals surface area contributed by atoms with Crippen molar-refractivity contribution in [2.75, 3.05) is 0 Å². The molecule has 22 heavy (non-hydrogen) atoms. The fourth-order valence-corrected chi connectivity index (χ4v) is 3.22. The van der Waals surface area contributed by atoms with Crippen LogP contribution in [-0.4, -0.2) is 36.8 Å². The molecule has 0 fully saturated rings. The van der Waals surface area contributed by atoms with Crippen molar-refractivity contribution >= 4 is 8.32 Å². The molecule has 3 atom stereocenters. The Balaban J connectivity index is 4.40. The first kappa shape index (κ1) is 21.6. The number of hydrogen-bond acceptors (Lipinski definition) is 4. The van der Waals surface area contributed by atoms with Crippen molar-refractivity contribution in [2.45, 2.75) is 103 Å². The van der Waals surface area contributed by atoms with Gasteiger partial charge >= 0.3 is 0 Å². The zero-order valence-corrected chi connectivity index (χ0v) is 16.2. The number of nitriles is 1. The molecule has 2 N–H and O–H groups in total. The van der Waals surface area contributed by atoms with Gasteiger partial charge in [-0.2, -0.15) is 5.26 Å². The van der Waals surface area contributed by atoms with Crippen LogP contribution in [0, 0.1) is 11.3 Å². The van der Waals surface area contributed by atoms with Gasteiger partial charge in [-0.05, 0) is 24.6 Å². The third kappa shape index (κ3) is 7.73. The molecule has 0 rings (SSSR count). The van der Waals surface area contributed by atoms with Gasteiger partial charge in [0.15, 0.2) is 8.32 Å². The summed E-state index contributed by atoms with van der Waals surface area (Å²) in [5.74, 6) is 0. The van der Waals surface area contributed by atoms with E-state index >= 15 is 0 Å². The summed E-state index contributed by atoms with van der Waals surface area (Å²) in [7, 11) is -2.04. The first-order chi connectivity index (χ1) is 10.0. The normalized spacial score (nSPS) is 16.9. The van der Waals surface area contributed by atoms with E-state index < -0.39 is 26.6 Å². The lowest BCUT2D eigenvalue weighted by atomic mass is 10.0. The number of unbranched alkanes of at least 4 members (excludes halogenated alkanes) is 3. The van der Waals surface area contributed by atoms with Crippen molar-refractivity contribution in [2.24, 2.45) is 0 Å². The molecule has 0 saturated carbocycles. The van der Waals surface area contributed by atoms with Crippen molar-refractivity contribution in [1.29, 1.82) is 5.26 Å². The fourth-order valence-electron chi connectivity index (χ4n) is 2.01. The molecule has 0 spiro atoms. The molecule has 0 aliphatic carbocycles. The second kappa shape index (κ2) is 9.66. The summed E-state index contributed by atoms with van der Waals surface area (Å²) in [6.45, 7) is 12.7. The van der Waals surface area contributed by atoms with Crippen LogP contribution in [-0.2, 0) is 4.43 Å². The van der Waals surface area contributed by atoms with Crippen molar-refractivity contribution in [1.82, 2.24) is 0 Å². The minimum absolute atomic E-state index is 0.0197. The van der Waals surface area contributed by atoms with Crippen LogP contribution in [0.4, 0.5) is 0 Å². The minimum Gasteiger partial charge on any atom is -0.401 e. The number of nitrogens with zero attached hydrogens (tertiary/aromatic N) is 1. The van der Waals surface area contributed by atoms with E-state index in [9.17, 15) is 15.5 Å². The Kier molecular flexibility index (Phi) is 9.48. The predicted octanol–water partition coefficient (Wildman–Crippen LogP) is 3.98. The number of aliphatic hydroxyl groups excluding tert-OH is 2. The van der Waals surface area contributed by atoms with Crippen LogP contribution in [0.15, 0.2) is 0 Å². The number of rotatable bonds is 10. The average Bonchev–Trinajstić information content (AvgIpc) is 2.40. The van der Waals surface area contributed by atoms with Crippen molar-refractivity contribution in [3.63, 3.8) is 0 Å². The molecule has 0 aromatic heterocycles. The maximum Gasteiger partial charge on any atom is 0.193 e. The fraction of sp³-hybridized carbons (Fsp3) is 0.941. The maximum atomic E-state index is 10.1. The van der Waals surface area contributed by atoms with Gasteiger partial charge in [0.25, 0.3) is 0 Å². The Morgan fingerprint density at radius 3 is 2.14 bits per heavy atom. The van der Waals surface area contributed by atoms with Gasteiger partial charge in [-0.25, -0.2) is 0 Å². The lowest BCUT2D eigenvalue weighted by Crippen LogP contribution is -2.45. The van der Waals surface area contributed by atoms with Gasteiger partial charge in [0.05, 0.1) is 18.3 Å². The molecule has 0 aromatic rings. The van der Waals surface area contributed by atoms with Gasteiger partial charge in [0.2, 0.25) is 0 Å². The monoisotopic (exact) mass is 329 g/mol. The van der Waals surface area contributed by atoms with Gasteiger partial charge in [0.1, 0.15) is 6.10 Å². The van der Waals surface area contributed by atoms with E-state index in [0.717, 1.165) is 25.7 Å². The summed E-state index contributed by atoms with van der Waals surface area (Å²) in [5, 5.41) is 29.4. The molecule has 0 amide bonds. The van der Waals surface area contributed by atoms with E-state index in [1.807, 2.05) is 0 Å². The highest BCUT2D eigenvalue weighted by Crippen LogP contribution is 2.37. The molecular formula is C17H35NO3Si. The summed E-state index contributed by atoms with van der Waals surface area (Å²) < 4.78 is 6.02. The van der Waals surface area contributed by atoms with Crippen LogP contribution in [0.2, 0.25) is 18.1 Å². The van der Waals surface area contributed by atoms with Crippen molar-refractivity contribution < 1.29 is 14.6 Å². The van der Waals surface area contributed by atoms with Crippen LogP contribution in [0.25, 0.3) is 0 Å². The summed E-state index contributed by atoms with van der Waals surface area (Å²) in [5.41, 5.74) is 0. The van der Waals surface area contributed by atoms with Gasteiger partial charge in [0, 0.05) is 6.42 Å². The molecule has 0 aliphatic rings. The zero-order valence-electron chi connectivity index (χ0n) is 15.2. The highest BCUT2D eigenvalue weighted by Gasteiger charge is 2.39. The molecule has 0 heterocycles. The number of aliphatic hydroxyl groups is 2. The molecule has 4 nitrogen and oxygen atoms in total. The van der Waals surface area contributed by atoms with Crippen molar-refractivity contribution in [3.05, 3.63) is 0 Å². The quantitative estimate of drug-likeness (QED) is 0.469. The van der Waals surface area contributed by atoms with Crippen LogP contribution in [0.1, 0.15) is 66.2 Å². The lowest BCUT2D eigenvalue weighted by molar-refractivity contribution is -0.00660.